The zero-order chi connectivity index (χ0) is 14.5. The van der Waals surface area contributed by atoms with Crippen molar-refractivity contribution in [1.29, 1.82) is 0 Å². The lowest BCUT2D eigenvalue weighted by Crippen LogP contribution is -1.78. The first-order valence-corrected chi connectivity index (χ1v) is 6.79. The van der Waals surface area contributed by atoms with Gasteiger partial charge in [-0.3, -0.25) is 4.98 Å². The lowest BCUT2D eigenvalue weighted by molar-refractivity contribution is 0.475. The number of phenolic OH excluding ortho intramolecular Hbond substituents is 1. The summed E-state index contributed by atoms with van der Waals surface area (Å²) in [4.78, 5) is 4.00. The van der Waals surface area contributed by atoms with Gasteiger partial charge in [-0.25, -0.2) is 0 Å². The van der Waals surface area contributed by atoms with Crippen molar-refractivity contribution in [2.24, 2.45) is 0 Å². The maximum atomic E-state index is 9.31. The Balaban J connectivity index is 1.78. The van der Waals surface area contributed by atoms with Crippen LogP contribution < -0.4 is 0 Å². The fraction of sp³-hybridized carbons (Fsp3) is 0. The Bertz CT molecular complexity index is 729. The first-order valence-electron chi connectivity index (χ1n) is 6.79. The summed E-state index contributed by atoms with van der Waals surface area (Å²) in [5.41, 5.74) is 4.51. The molecule has 0 amide bonds. The number of hydrogen-bond acceptors (Lipinski definition) is 2. The molecule has 0 aliphatic rings. The number of phenols is 1. The van der Waals surface area contributed by atoms with Crippen molar-refractivity contribution in [3.05, 3.63) is 84.2 Å². The number of rotatable bonds is 3. The Morgan fingerprint density at radius 1 is 0.619 bits per heavy atom. The third-order valence-corrected chi connectivity index (χ3v) is 3.29. The molecule has 0 aliphatic carbocycles. The second-order valence-electron chi connectivity index (χ2n) is 4.78. The SMILES string of the molecule is Oc1ccc(-c2ccc(C=Cc3ccncc3)cc2)cc1. The molecule has 3 aromatic rings. The minimum atomic E-state index is 0.288. The Hall–Kier alpha value is -2.87. The van der Waals surface area contributed by atoms with E-state index in [0.717, 1.165) is 22.3 Å². The minimum Gasteiger partial charge on any atom is -0.508 e. The average molecular weight is 273 g/mol. The van der Waals surface area contributed by atoms with Gasteiger partial charge in [0.15, 0.2) is 0 Å². The largest absolute Gasteiger partial charge is 0.508 e. The van der Waals surface area contributed by atoms with Crippen molar-refractivity contribution in [2.75, 3.05) is 0 Å². The van der Waals surface area contributed by atoms with E-state index in [1.54, 1.807) is 24.5 Å². The zero-order valence-corrected chi connectivity index (χ0v) is 11.5. The van der Waals surface area contributed by atoms with E-state index in [4.69, 9.17) is 0 Å². The molecule has 2 nitrogen and oxygen atoms in total. The number of pyridine rings is 1. The van der Waals surface area contributed by atoms with Crippen LogP contribution in [0.5, 0.6) is 5.75 Å². The topological polar surface area (TPSA) is 33.1 Å². The third-order valence-electron chi connectivity index (χ3n) is 3.29. The lowest BCUT2D eigenvalue weighted by atomic mass is 10.0. The van der Waals surface area contributed by atoms with Gasteiger partial charge in [0.1, 0.15) is 5.75 Å². The highest BCUT2D eigenvalue weighted by Crippen LogP contribution is 2.22. The predicted octanol–water partition coefficient (Wildman–Crippen LogP) is 4.62. The fourth-order valence-corrected chi connectivity index (χ4v) is 2.11. The van der Waals surface area contributed by atoms with Crippen molar-refractivity contribution in [1.82, 2.24) is 4.98 Å². The summed E-state index contributed by atoms with van der Waals surface area (Å²) in [7, 11) is 0. The molecule has 0 radical (unpaired) electrons. The molecule has 2 heteroatoms. The molecule has 2 aromatic carbocycles. The zero-order valence-electron chi connectivity index (χ0n) is 11.5. The summed E-state index contributed by atoms with van der Waals surface area (Å²) in [6.07, 6.45) is 7.72. The second-order valence-corrected chi connectivity index (χ2v) is 4.78. The number of aromatic hydroxyl groups is 1. The highest BCUT2D eigenvalue weighted by molar-refractivity contribution is 5.72. The molecule has 0 spiro atoms. The fourth-order valence-electron chi connectivity index (χ4n) is 2.11. The highest BCUT2D eigenvalue weighted by Gasteiger charge is 1.97. The molecule has 0 aliphatic heterocycles. The number of aromatic nitrogens is 1. The molecule has 0 saturated carbocycles. The summed E-state index contributed by atoms with van der Waals surface area (Å²) >= 11 is 0. The molecular formula is C19H15NO. The molecule has 0 atom stereocenters. The maximum Gasteiger partial charge on any atom is 0.115 e. The van der Waals surface area contributed by atoms with Crippen LogP contribution in [0, 0.1) is 0 Å². The summed E-state index contributed by atoms with van der Waals surface area (Å²) in [5.74, 6) is 0.288. The van der Waals surface area contributed by atoms with Gasteiger partial charge >= 0.3 is 0 Å². The molecule has 0 unspecified atom stereocenters. The second kappa shape index (κ2) is 6.06. The number of hydrogen-bond donors (Lipinski definition) is 1. The van der Waals surface area contributed by atoms with Gasteiger partial charge in [0.2, 0.25) is 0 Å². The number of nitrogens with zero attached hydrogens (tertiary/aromatic N) is 1. The Morgan fingerprint density at radius 2 is 1.10 bits per heavy atom. The summed E-state index contributed by atoms with van der Waals surface area (Å²) < 4.78 is 0. The van der Waals surface area contributed by atoms with Gasteiger partial charge in [-0.15, -0.1) is 0 Å². The third kappa shape index (κ3) is 3.37. The first-order chi connectivity index (χ1) is 10.3. The molecular weight excluding hydrogens is 258 g/mol. The molecule has 3 rings (SSSR count). The maximum absolute atomic E-state index is 9.31. The van der Waals surface area contributed by atoms with E-state index in [1.807, 2.05) is 24.3 Å². The van der Waals surface area contributed by atoms with E-state index in [2.05, 4.69) is 41.4 Å². The molecule has 21 heavy (non-hydrogen) atoms. The van der Waals surface area contributed by atoms with Crippen molar-refractivity contribution in [3.8, 4) is 16.9 Å². The lowest BCUT2D eigenvalue weighted by Gasteiger charge is -2.02. The Morgan fingerprint density at radius 3 is 1.67 bits per heavy atom. The van der Waals surface area contributed by atoms with Crippen LogP contribution in [0.4, 0.5) is 0 Å². The van der Waals surface area contributed by atoms with Crippen LogP contribution in [-0.2, 0) is 0 Å². The number of benzene rings is 2. The molecule has 0 saturated heterocycles. The van der Waals surface area contributed by atoms with Gasteiger partial charge in [-0.1, -0.05) is 48.6 Å². The van der Waals surface area contributed by atoms with Crippen LogP contribution in [0.15, 0.2) is 73.1 Å². The predicted molar refractivity (Wildman–Crippen MR) is 86.7 cm³/mol. The van der Waals surface area contributed by atoms with E-state index in [-0.39, 0.29) is 5.75 Å². The van der Waals surface area contributed by atoms with E-state index in [0.29, 0.717) is 0 Å². The van der Waals surface area contributed by atoms with Crippen molar-refractivity contribution in [3.63, 3.8) is 0 Å². The van der Waals surface area contributed by atoms with Crippen LogP contribution in [0.25, 0.3) is 23.3 Å². The van der Waals surface area contributed by atoms with E-state index >= 15 is 0 Å². The first kappa shape index (κ1) is 13.1. The average Bonchev–Trinajstić information content (AvgIpc) is 2.55. The minimum absolute atomic E-state index is 0.288. The molecule has 0 bridgehead atoms. The summed E-state index contributed by atoms with van der Waals surface area (Å²) in [6, 6.07) is 19.5. The van der Waals surface area contributed by atoms with Gasteiger partial charge in [0.05, 0.1) is 0 Å². The van der Waals surface area contributed by atoms with Crippen LogP contribution in [0.3, 0.4) is 0 Å². The molecule has 102 valence electrons. The van der Waals surface area contributed by atoms with Gasteiger partial charge in [-0.05, 0) is 46.5 Å². The molecule has 1 N–H and O–H groups in total. The molecule has 1 aromatic heterocycles. The smallest absolute Gasteiger partial charge is 0.115 e. The Labute approximate surface area is 124 Å². The summed E-state index contributed by atoms with van der Waals surface area (Å²) in [6.45, 7) is 0. The standard InChI is InChI=1S/C19H15NO/c21-19-9-7-18(8-10-19)17-5-3-15(4-6-17)1-2-16-11-13-20-14-12-16/h1-14,21H. The van der Waals surface area contributed by atoms with Crippen LogP contribution in [0.2, 0.25) is 0 Å². The van der Waals surface area contributed by atoms with Crippen LogP contribution in [0.1, 0.15) is 11.1 Å². The molecule has 0 fully saturated rings. The summed E-state index contributed by atoms with van der Waals surface area (Å²) in [5, 5.41) is 9.31. The van der Waals surface area contributed by atoms with E-state index in [9.17, 15) is 5.11 Å². The van der Waals surface area contributed by atoms with Crippen LogP contribution in [-0.4, -0.2) is 10.1 Å². The van der Waals surface area contributed by atoms with Gasteiger partial charge in [-0.2, -0.15) is 0 Å². The van der Waals surface area contributed by atoms with Crippen molar-refractivity contribution >= 4 is 12.2 Å². The molecule has 1 heterocycles. The normalized spacial score (nSPS) is 10.9. The van der Waals surface area contributed by atoms with E-state index in [1.165, 1.54) is 0 Å². The van der Waals surface area contributed by atoms with E-state index < -0.39 is 0 Å². The van der Waals surface area contributed by atoms with Gasteiger partial charge in [0, 0.05) is 12.4 Å². The monoisotopic (exact) mass is 273 g/mol. The quantitative estimate of drug-likeness (QED) is 0.755. The van der Waals surface area contributed by atoms with Gasteiger partial charge < -0.3 is 5.11 Å². The van der Waals surface area contributed by atoms with Crippen molar-refractivity contribution in [2.45, 2.75) is 0 Å². The Kier molecular flexibility index (Phi) is 3.79. The van der Waals surface area contributed by atoms with Crippen LogP contribution >= 0.6 is 0 Å². The van der Waals surface area contributed by atoms with Crippen molar-refractivity contribution < 1.29 is 5.11 Å². The highest BCUT2D eigenvalue weighted by atomic mass is 16.3. The van der Waals surface area contributed by atoms with Gasteiger partial charge in [0.25, 0.3) is 0 Å².